The number of aliphatic imine (C=N–C) groups is 1. The third-order valence-electron chi connectivity index (χ3n) is 3.03. The third-order valence-corrected chi connectivity index (χ3v) is 5.06. The van der Waals surface area contributed by atoms with Crippen molar-refractivity contribution in [3.63, 3.8) is 0 Å². The van der Waals surface area contributed by atoms with Crippen LogP contribution in [0.2, 0.25) is 0 Å². The predicted molar refractivity (Wildman–Crippen MR) is 110 cm³/mol. The fraction of sp³-hybridized carbons (Fsp3) is 0.533. The summed E-state index contributed by atoms with van der Waals surface area (Å²) in [6, 6.07) is 0. The van der Waals surface area contributed by atoms with Gasteiger partial charge in [0.05, 0.1) is 17.2 Å². The molecule has 2 aromatic heterocycles. The Bertz CT molecular complexity index is 636. The lowest BCUT2D eigenvalue weighted by Gasteiger charge is -2.10. The van der Waals surface area contributed by atoms with Gasteiger partial charge in [-0.1, -0.05) is 0 Å². The molecule has 0 spiro atoms. The van der Waals surface area contributed by atoms with E-state index in [0.717, 1.165) is 41.2 Å². The highest BCUT2D eigenvalue weighted by Gasteiger charge is 2.05. The van der Waals surface area contributed by atoms with Crippen molar-refractivity contribution in [2.24, 2.45) is 4.99 Å². The molecule has 0 saturated heterocycles. The first kappa shape index (κ1) is 20.3. The molecule has 0 saturated carbocycles. The first-order valence-corrected chi connectivity index (χ1v) is 9.08. The first-order chi connectivity index (χ1) is 10.6. The largest absolute Gasteiger partial charge is 0.357 e. The Kier molecular flexibility index (Phi) is 9.00. The van der Waals surface area contributed by atoms with Crippen molar-refractivity contribution in [3.8, 4) is 0 Å². The molecule has 0 bridgehead atoms. The Morgan fingerprint density at radius 3 is 2.57 bits per heavy atom. The van der Waals surface area contributed by atoms with Crippen molar-refractivity contribution in [2.75, 3.05) is 13.1 Å². The number of rotatable bonds is 6. The van der Waals surface area contributed by atoms with Crippen LogP contribution in [0.25, 0.3) is 0 Å². The molecular formula is C15H24IN5S2. The number of aryl methyl sites for hydroxylation is 3. The zero-order valence-electron chi connectivity index (χ0n) is 14.0. The van der Waals surface area contributed by atoms with Crippen LogP contribution in [0.15, 0.2) is 11.2 Å². The van der Waals surface area contributed by atoms with Crippen molar-refractivity contribution < 1.29 is 0 Å². The van der Waals surface area contributed by atoms with Crippen molar-refractivity contribution in [1.82, 2.24) is 20.6 Å². The van der Waals surface area contributed by atoms with Gasteiger partial charge in [-0.25, -0.2) is 15.0 Å². The van der Waals surface area contributed by atoms with E-state index >= 15 is 0 Å². The molecule has 2 rings (SSSR count). The van der Waals surface area contributed by atoms with Crippen LogP contribution in [0.4, 0.5) is 0 Å². The van der Waals surface area contributed by atoms with Gasteiger partial charge in [-0.15, -0.1) is 46.7 Å². The monoisotopic (exact) mass is 465 g/mol. The van der Waals surface area contributed by atoms with E-state index in [0.29, 0.717) is 6.54 Å². The van der Waals surface area contributed by atoms with Crippen molar-refractivity contribution in [2.45, 2.75) is 40.7 Å². The maximum atomic E-state index is 4.59. The summed E-state index contributed by atoms with van der Waals surface area (Å²) in [5.74, 6) is 0.842. The van der Waals surface area contributed by atoms with E-state index in [1.165, 1.54) is 9.75 Å². The first-order valence-electron chi connectivity index (χ1n) is 7.45. The van der Waals surface area contributed by atoms with Gasteiger partial charge < -0.3 is 10.6 Å². The fourth-order valence-electron chi connectivity index (χ4n) is 2.06. The molecule has 23 heavy (non-hydrogen) atoms. The molecule has 0 fully saturated rings. The van der Waals surface area contributed by atoms with E-state index in [-0.39, 0.29) is 24.0 Å². The second-order valence-corrected chi connectivity index (χ2v) is 7.59. The Balaban J connectivity index is 0.00000264. The highest BCUT2D eigenvalue weighted by molar-refractivity contribution is 14.0. The van der Waals surface area contributed by atoms with Crippen molar-refractivity contribution in [1.29, 1.82) is 0 Å². The SMILES string of the molecule is CCNC(=NCc1ncc(C)s1)NCCc1sc(C)nc1C.I. The number of nitrogens with zero attached hydrogens (tertiary/aromatic N) is 3. The lowest BCUT2D eigenvalue weighted by molar-refractivity contribution is 0.800. The normalized spacial score (nSPS) is 11.2. The van der Waals surface area contributed by atoms with E-state index in [2.05, 4.69) is 53.3 Å². The maximum absolute atomic E-state index is 4.59. The summed E-state index contributed by atoms with van der Waals surface area (Å²) in [6.45, 7) is 10.6. The molecule has 2 heterocycles. The number of thiazole rings is 2. The Morgan fingerprint density at radius 2 is 2.00 bits per heavy atom. The Hall–Kier alpha value is -0.740. The summed E-state index contributed by atoms with van der Waals surface area (Å²) in [6.07, 6.45) is 2.86. The molecule has 0 aliphatic carbocycles. The minimum absolute atomic E-state index is 0. The topological polar surface area (TPSA) is 62.2 Å². The van der Waals surface area contributed by atoms with Crippen LogP contribution in [0.5, 0.6) is 0 Å². The molecule has 0 aliphatic rings. The van der Waals surface area contributed by atoms with E-state index in [1.807, 2.05) is 6.20 Å². The molecule has 5 nitrogen and oxygen atoms in total. The van der Waals surface area contributed by atoms with Gasteiger partial charge in [0, 0.05) is 35.5 Å². The maximum Gasteiger partial charge on any atom is 0.191 e. The number of halogens is 1. The molecule has 8 heteroatoms. The van der Waals surface area contributed by atoms with Gasteiger partial charge in [-0.05, 0) is 27.7 Å². The molecule has 128 valence electrons. The van der Waals surface area contributed by atoms with Crippen LogP contribution in [0.3, 0.4) is 0 Å². The number of guanidine groups is 1. The molecule has 0 atom stereocenters. The highest BCUT2D eigenvalue weighted by Crippen LogP contribution is 2.17. The molecule has 0 unspecified atom stereocenters. The minimum atomic E-state index is 0. The molecule has 0 aromatic carbocycles. The van der Waals surface area contributed by atoms with Crippen molar-refractivity contribution in [3.05, 3.63) is 31.7 Å². The number of nitrogens with one attached hydrogen (secondary N) is 2. The van der Waals surface area contributed by atoms with Crippen molar-refractivity contribution >= 4 is 52.6 Å². The molecule has 0 aliphatic heterocycles. The molecule has 2 N–H and O–H groups in total. The average molecular weight is 465 g/mol. The van der Waals surface area contributed by atoms with Gasteiger partial charge in [0.1, 0.15) is 5.01 Å². The molecule has 2 aromatic rings. The zero-order chi connectivity index (χ0) is 15.9. The summed E-state index contributed by atoms with van der Waals surface area (Å²) in [7, 11) is 0. The lowest BCUT2D eigenvalue weighted by atomic mass is 10.3. The standard InChI is InChI=1S/C15H23N5S2.HI/c1-5-16-15(19-9-14-18-8-10(2)21-14)17-7-6-13-11(3)20-12(4)22-13;/h8H,5-7,9H2,1-4H3,(H2,16,17,19);1H. The van der Waals surface area contributed by atoms with Gasteiger partial charge in [-0.2, -0.15) is 0 Å². The Morgan fingerprint density at radius 1 is 1.22 bits per heavy atom. The molecule has 0 amide bonds. The predicted octanol–water partition coefficient (Wildman–Crippen LogP) is 3.44. The summed E-state index contributed by atoms with van der Waals surface area (Å²) in [4.78, 5) is 16.0. The van der Waals surface area contributed by atoms with Gasteiger partial charge in [0.2, 0.25) is 0 Å². The van der Waals surface area contributed by atoms with Gasteiger partial charge in [0.25, 0.3) is 0 Å². The fourth-order valence-corrected chi connectivity index (χ4v) is 3.71. The number of hydrogen-bond acceptors (Lipinski definition) is 5. The van der Waals surface area contributed by atoms with E-state index < -0.39 is 0 Å². The van der Waals surface area contributed by atoms with Gasteiger partial charge >= 0.3 is 0 Å². The van der Waals surface area contributed by atoms with E-state index in [9.17, 15) is 0 Å². The molecule has 0 radical (unpaired) electrons. The van der Waals surface area contributed by atoms with Crippen LogP contribution < -0.4 is 10.6 Å². The summed E-state index contributed by atoms with van der Waals surface area (Å²) >= 11 is 3.47. The summed E-state index contributed by atoms with van der Waals surface area (Å²) < 4.78 is 0. The van der Waals surface area contributed by atoms with E-state index in [1.54, 1.807) is 22.7 Å². The lowest BCUT2D eigenvalue weighted by Crippen LogP contribution is -2.38. The molecular weight excluding hydrogens is 441 g/mol. The summed E-state index contributed by atoms with van der Waals surface area (Å²) in [5.41, 5.74) is 1.14. The van der Waals surface area contributed by atoms with Crippen LogP contribution >= 0.6 is 46.7 Å². The zero-order valence-corrected chi connectivity index (χ0v) is 17.9. The second kappa shape index (κ2) is 10.2. The quantitative estimate of drug-likeness (QED) is 0.390. The van der Waals surface area contributed by atoms with Crippen LogP contribution in [0, 0.1) is 20.8 Å². The third kappa shape index (κ3) is 6.72. The van der Waals surface area contributed by atoms with Crippen LogP contribution in [0.1, 0.15) is 32.4 Å². The number of aromatic nitrogens is 2. The average Bonchev–Trinajstić information content (AvgIpc) is 3.02. The highest BCUT2D eigenvalue weighted by atomic mass is 127. The van der Waals surface area contributed by atoms with E-state index in [4.69, 9.17) is 0 Å². The van der Waals surface area contributed by atoms with Crippen LogP contribution in [-0.4, -0.2) is 29.0 Å². The minimum Gasteiger partial charge on any atom is -0.357 e. The van der Waals surface area contributed by atoms with Gasteiger partial charge in [0.15, 0.2) is 5.96 Å². The Labute approximate surface area is 163 Å². The number of hydrogen-bond donors (Lipinski definition) is 2. The van der Waals surface area contributed by atoms with Gasteiger partial charge in [-0.3, -0.25) is 0 Å². The smallest absolute Gasteiger partial charge is 0.191 e. The van der Waals surface area contributed by atoms with Crippen LogP contribution in [-0.2, 0) is 13.0 Å². The second-order valence-electron chi connectivity index (χ2n) is 4.98. The summed E-state index contributed by atoms with van der Waals surface area (Å²) in [5, 5.41) is 8.82.